The number of aryl methyl sites for hydroxylation is 1. The van der Waals surface area contributed by atoms with E-state index in [4.69, 9.17) is 37.9 Å². The lowest BCUT2D eigenvalue weighted by atomic mass is 9.87. The number of ether oxygens (including phenoxy) is 8. The summed E-state index contributed by atoms with van der Waals surface area (Å²) in [5.74, 6) is -5.15. The van der Waals surface area contributed by atoms with Gasteiger partial charge in [0.25, 0.3) is 0 Å². The average Bonchev–Trinajstić information content (AvgIpc) is 2.97. The lowest BCUT2D eigenvalue weighted by Gasteiger charge is -2.49. The molecule has 2 fully saturated rings. The molecule has 0 bridgehead atoms. The summed E-state index contributed by atoms with van der Waals surface area (Å²) >= 11 is 0. The predicted octanol–water partition coefficient (Wildman–Crippen LogP) is 0.720. The molecule has 0 saturated carbocycles. The smallest absolute Gasteiger partial charge is 0.303 e. The van der Waals surface area contributed by atoms with Gasteiger partial charge in [0.1, 0.15) is 6.10 Å². The number of sulfonamides is 1. The van der Waals surface area contributed by atoms with Crippen LogP contribution in [0.4, 0.5) is 0 Å². The third kappa shape index (κ3) is 9.96. The minimum atomic E-state index is -4.53. The molecule has 2 heterocycles. The van der Waals surface area contributed by atoms with Gasteiger partial charge >= 0.3 is 35.8 Å². The summed E-state index contributed by atoms with van der Waals surface area (Å²) in [5, 5.41) is 0. The molecular formula is C31H41NO16S. The molecular weight excluding hydrogens is 674 g/mol. The van der Waals surface area contributed by atoms with Crippen molar-refractivity contribution in [1.29, 1.82) is 0 Å². The van der Waals surface area contributed by atoms with Gasteiger partial charge < -0.3 is 37.9 Å². The second-order valence-electron chi connectivity index (χ2n) is 11.5. The molecule has 272 valence electrons. The Morgan fingerprint density at radius 3 is 1.61 bits per heavy atom. The lowest BCUT2D eigenvalue weighted by molar-refractivity contribution is -0.301. The summed E-state index contributed by atoms with van der Waals surface area (Å²) in [4.78, 5) is 73.5. The zero-order chi connectivity index (χ0) is 36.8. The molecule has 0 amide bonds. The van der Waals surface area contributed by atoms with Crippen molar-refractivity contribution >= 4 is 45.8 Å². The number of hydrogen-bond acceptors (Lipinski definition) is 16. The van der Waals surface area contributed by atoms with Gasteiger partial charge in [-0.1, -0.05) is 17.7 Å². The maximum atomic E-state index is 14.4. The molecule has 0 aliphatic carbocycles. The maximum Gasteiger partial charge on any atom is 0.303 e. The Hall–Kier alpha value is -4.13. The molecule has 17 nitrogen and oxygen atoms in total. The van der Waals surface area contributed by atoms with E-state index in [9.17, 15) is 37.2 Å². The van der Waals surface area contributed by atoms with E-state index in [1.807, 2.05) is 0 Å². The highest BCUT2D eigenvalue weighted by atomic mass is 32.2. The third-order valence-electron chi connectivity index (χ3n) is 7.55. The van der Waals surface area contributed by atoms with Crippen LogP contribution in [0.5, 0.6) is 0 Å². The van der Waals surface area contributed by atoms with Crippen molar-refractivity contribution in [3.05, 3.63) is 29.8 Å². The van der Waals surface area contributed by atoms with Crippen LogP contribution in [0.1, 0.15) is 53.5 Å². The van der Waals surface area contributed by atoms with Crippen LogP contribution in [0.2, 0.25) is 0 Å². The van der Waals surface area contributed by atoms with Crippen LogP contribution in [0.3, 0.4) is 0 Å². The quantitative estimate of drug-likeness (QED) is 0.228. The first-order chi connectivity index (χ1) is 22.8. The van der Waals surface area contributed by atoms with Crippen molar-refractivity contribution in [3.8, 4) is 0 Å². The second kappa shape index (κ2) is 16.5. The first kappa shape index (κ1) is 39.3. The lowest BCUT2D eigenvalue weighted by Crippen LogP contribution is -2.68. The summed E-state index contributed by atoms with van der Waals surface area (Å²) in [7, 11) is -3.33. The highest BCUT2D eigenvalue weighted by Gasteiger charge is 2.58. The summed E-state index contributed by atoms with van der Waals surface area (Å²) in [6.45, 7) is 7.53. The molecule has 0 radical (unpaired) electrons. The normalized spacial score (nSPS) is 28.8. The van der Waals surface area contributed by atoms with Gasteiger partial charge in [0, 0.05) is 48.7 Å². The van der Waals surface area contributed by atoms with Gasteiger partial charge in [0.15, 0.2) is 42.9 Å². The van der Waals surface area contributed by atoms with E-state index in [-0.39, 0.29) is 4.90 Å². The molecule has 3 rings (SSSR count). The van der Waals surface area contributed by atoms with Crippen LogP contribution in [0.25, 0.3) is 0 Å². The molecule has 49 heavy (non-hydrogen) atoms. The highest BCUT2D eigenvalue weighted by Crippen LogP contribution is 2.38. The van der Waals surface area contributed by atoms with Crippen molar-refractivity contribution in [1.82, 2.24) is 4.31 Å². The van der Waals surface area contributed by atoms with Gasteiger partial charge in [-0.2, -0.15) is 4.31 Å². The predicted molar refractivity (Wildman–Crippen MR) is 162 cm³/mol. The third-order valence-corrected chi connectivity index (χ3v) is 9.46. The molecule has 1 aromatic rings. The van der Waals surface area contributed by atoms with Crippen LogP contribution in [0, 0.1) is 6.92 Å². The maximum absolute atomic E-state index is 14.4. The number of nitrogens with zero attached hydrogens (tertiary/aromatic N) is 1. The zero-order valence-electron chi connectivity index (χ0n) is 28.3. The number of carbonyl (C=O) groups excluding carboxylic acids is 6. The zero-order valence-corrected chi connectivity index (χ0v) is 29.1. The number of esters is 6. The Balaban J connectivity index is 2.27. The van der Waals surface area contributed by atoms with E-state index in [2.05, 4.69) is 0 Å². The molecule has 1 aromatic carbocycles. The van der Waals surface area contributed by atoms with Crippen LogP contribution >= 0.6 is 0 Å². The molecule has 2 aliphatic heterocycles. The van der Waals surface area contributed by atoms with Crippen molar-refractivity contribution in [3.63, 3.8) is 0 Å². The molecule has 2 saturated heterocycles. The van der Waals surface area contributed by atoms with Crippen LogP contribution in [-0.2, 0) is 76.7 Å². The highest BCUT2D eigenvalue weighted by molar-refractivity contribution is 7.89. The summed E-state index contributed by atoms with van der Waals surface area (Å²) in [6.07, 6.45) is -12.5. The molecule has 0 spiro atoms. The molecule has 2 aliphatic rings. The first-order valence-corrected chi connectivity index (χ1v) is 16.6. The van der Waals surface area contributed by atoms with Gasteiger partial charge in [-0.3, -0.25) is 28.8 Å². The Bertz CT molecular complexity index is 1510. The topological polar surface area (TPSA) is 214 Å². The Labute approximate surface area is 283 Å². The fraction of sp³-hybridized carbons (Fsp3) is 0.613. The summed E-state index contributed by atoms with van der Waals surface area (Å²) in [6, 6.07) is 4.34. The van der Waals surface area contributed by atoms with E-state index in [1.54, 1.807) is 19.1 Å². The summed E-state index contributed by atoms with van der Waals surface area (Å²) < 4.78 is 74.1. The number of benzene rings is 1. The minimum absolute atomic E-state index is 0.180. The molecule has 0 aromatic heterocycles. The number of carbonyl (C=O) groups is 6. The molecule has 0 unspecified atom stereocenters. The molecule has 18 heteroatoms. The number of methoxy groups -OCH3 is 1. The van der Waals surface area contributed by atoms with E-state index in [0.29, 0.717) is 0 Å². The van der Waals surface area contributed by atoms with E-state index >= 15 is 0 Å². The van der Waals surface area contributed by atoms with Crippen LogP contribution in [-0.4, -0.2) is 117 Å². The summed E-state index contributed by atoms with van der Waals surface area (Å²) in [5.41, 5.74) is 0.754. The van der Waals surface area contributed by atoms with Crippen LogP contribution < -0.4 is 0 Å². The van der Waals surface area contributed by atoms with Crippen molar-refractivity contribution in [2.24, 2.45) is 0 Å². The van der Waals surface area contributed by atoms with Gasteiger partial charge in [0.05, 0.1) is 17.5 Å². The number of piperidine rings is 1. The SMILES string of the molecule is CO[C@@H]1O[C@@H](C[C@@H]2[C@H](OC(C)=O)[C@@H](OC(C)=O)[C@@H](OC(C)=O)CN2S(=O)(=O)c2ccc(C)cc2)[C@H](OC(C)=O)[C@@H](OC(C)=O)[C@H]1OC(C)=O. The number of hydrogen-bond donors (Lipinski definition) is 0. The molecule has 0 N–H and O–H groups in total. The van der Waals surface area contributed by atoms with Gasteiger partial charge in [-0.15, -0.1) is 0 Å². The standard InChI is InChI=1S/C31H41NO16S/c1-15-9-11-22(12-10-15)49(39,40)32-14-25(42-16(2)33)28(45-19(5)36)26(43-17(3)34)23(32)13-24-27(44-18(4)35)29(46-20(6)37)30(47-21(7)38)31(41-8)48-24/h9-12,23-31H,13-14H2,1-8H3/t23-,24+,25+,26+,27+,28+,29-,30-,31-/m1/s1. The van der Waals surface area contributed by atoms with Gasteiger partial charge in [-0.25, -0.2) is 8.42 Å². The fourth-order valence-electron chi connectivity index (χ4n) is 5.85. The van der Waals surface area contributed by atoms with E-state index in [1.165, 1.54) is 19.2 Å². The van der Waals surface area contributed by atoms with E-state index < -0.39 is 114 Å². The second-order valence-corrected chi connectivity index (χ2v) is 13.4. The Morgan fingerprint density at radius 2 is 1.12 bits per heavy atom. The monoisotopic (exact) mass is 715 g/mol. The number of rotatable bonds is 11. The van der Waals surface area contributed by atoms with Crippen molar-refractivity contribution in [2.45, 2.75) is 115 Å². The van der Waals surface area contributed by atoms with Gasteiger partial charge in [-0.05, 0) is 25.5 Å². The van der Waals surface area contributed by atoms with Gasteiger partial charge in [0.2, 0.25) is 10.0 Å². The van der Waals surface area contributed by atoms with Crippen molar-refractivity contribution < 1.29 is 75.1 Å². The van der Waals surface area contributed by atoms with E-state index in [0.717, 1.165) is 51.4 Å². The van der Waals surface area contributed by atoms with Crippen molar-refractivity contribution in [2.75, 3.05) is 13.7 Å². The Morgan fingerprint density at radius 1 is 0.673 bits per heavy atom. The minimum Gasteiger partial charge on any atom is -0.457 e. The largest absolute Gasteiger partial charge is 0.457 e. The first-order valence-electron chi connectivity index (χ1n) is 15.2. The Kier molecular flexibility index (Phi) is 13.2. The van der Waals surface area contributed by atoms with Crippen LogP contribution in [0.15, 0.2) is 29.2 Å². The fourth-order valence-corrected chi connectivity index (χ4v) is 7.50. The molecule has 9 atom stereocenters. The average molecular weight is 716 g/mol.